The van der Waals surface area contributed by atoms with Gasteiger partial charge in [-0.25, -0.2) is 0 Å². The number of carbonyl (C=O) groups is 2. The molecule has 1 N–H and O–H groups in total. The van der Waals surface area contributed by atoms with Crippen LogP contribution in [0, 0.1) is 11.8 Å². The van der Waals surface area contributed by atoms with Crippen molar-refractivity contribution in [1.29, 1.82) is 0 Å². The van der Waals surface area contributed by atoms with Gasteiger partial charge >= 0.3 is 5.97 Å². The molecule has 0 aromatic heterocycles. The smallest absolute Gasteiger partial charge is 0.307 e. The molecule has 0 bridgehead atoms. The van der Waals surface area contributed by atoms with E-state index in [1.165, 1.54) is 0 Å². The highest BCUT2D eigenvalue weighted by Gasteiger charge is 2.38. The lowest BCUT2D eigenvalue weighted by Crippen LogP contribution is -2.39. The molecule has 3 nitrogen and oxygen atoms in total. The molecular weight excluding hydrogens is 274 g/mol. The fraction of sp³-hybridized carbons (Fsp3) is 0.800. The zero-order valence-electron chi connectivity index (χ0n) is 9.07. The average Bonchev–Trinajstić information content (AvgIpc) is 2.15. The molecule has 0 rings (SSSR count). The number of hydrogen-bond donors (Lipinski definition) is 1. The van der Waals surface area contributed by atoms with Gasteiger partial charge in [0.1, 0.15) is 6.29 Å². The summed E-state index contributed by atoms with van der Waals surface area (Å²) in [5.41, 5.74) is 0. The van der Waals surface area contributed by atoms with Gasteiger partial charge in [0, 0.05) is 23.1 Å². The van der Waals surface area contributed by atoms with E-state index in [2.05, 4.69) is 0 Å². The van der Waals surface area contributed by atoms with E-state index in [4.69, 9.17) is 39.9 Å². The van der Waals surface area contributed by atoms with Gasteiger partial charge in [0.15, 0.2) is 0 Å². The second kappa shape index (κ2) is 7.36. The quantitative estimate of drug-likeness (QED) is 0.579. The summed E-state index contributed by atoms with van der Waals surface area (Å²) in [6.45, 7) is 3.33. The van der Waals surface area contributed by atoms with E-state index >= 15 is 0 Å². The molecule has 5 atom stereocenters. The molecule has 0 saturated carbocycles. The molecule has 0 spiro atoms. The van der Waals surface area contributed by atoms with Crippen LogP contribution in [-0.4, -0.2) is 33.5 Å². The van der Waals surface area contributed by atoms with Gasteiger partial charge in [0.25, 0.3) is 0 Å². The summed E-state index contributed by atoms with van der Waals surface area (Å²) >= 11 is 17.8. The minimum absolute atomic E-state index is 0.107. The van der Waals surface area contributed by atoms with Gasteiger partial charge < -0.3 is 9.90 Å². The third-order valence-corrected chi connectivity index (χ3v) is 3.83. The summed E-state index contributed by atoms with van der Waals surface area (Å²) in [6, 6.07) is 0. The number of aliphatic carboxylic acids is 1. The van der Waals surface area contributed by atoms with Gasteiger partial charge in [0.2, 0.25) is 0 Å². The Morgan fingerprint density at radius 2 is 1.75 bits per heavy atom. The largest absolute Gasteiger partial charge is 0.481 e. The summed E-state index contributed by atoms with van der Waals surface area (Å²) < 4.78 is 0. The van der Waals surface area contributed by atoms with E-state index < -0.39 is 33.9 Å². The maximum atomic E-state index is 11.0. The first kappa shape index (κ1) is 16.0. The van der Waals surface area contributed by atoms with Crippen molar-refractivity contribution in [3.8, 4) is 0 Å². The van der Waals surface area contributed by atoms with Gasteiger partial charge in [-0.2, -0.15) is 0 Å². The Balaban J connectivity index is 4.98. The monoisotopic (exact) mass is 288 g/mol. The summed E-state index contributed by atoms with van der Waals surface area (Å²) in [5.74, 6) is -2.51. The van der Waals surface area contributed by atoms with Gasteiger partial charge in [-0.05, 0) is 13.8 Å². The number of carboxylic acid groups (broad SMARTS) is 1. The molecule has 5 unspecified atom stereocenters. The minimum Gasteiger partial charge on any atom is -0.481 e. The van der Waals surface area contributed by atoms with Crippen LogP contribution in [0.2, 0.25) is 0 Å². The molecule has 0 radical (unpaired) electrons. The predicted molar refractivity (Wildman–Crippen MR) is 65.6 cm³/mol. The molecular formula is C10H15Cl3O3. The van der Waals surface area contributed by atoms with Crippen molar-refractivity contribution in [2.24, 2.45) is 11.8 Å². The van der Waals surface area contributed by atoms with Crippen molar-refractivity contribution < 1.29 is 14.7 Å². The zero-order valence-corrected chi connectivity index (χ0v) is 11.3. The Morgan fingerprint density at radius 1 is 1.25 bits per heavy atom. The van der Waals surface area contributed by atoms with Crippen molar-refractivity contribution in [3.05, 3.63) is 0 Å². The maximum Gasteiger partial charge on any atom is 0.307 e. The molecule has 0 aromatic rings. The summed E-state index contributed by atoms with van der Waals surface area (Å²) in [4.78, 5) is 21.5. The molecule has 94 valence electrons. The van der Waals surface area contributed by atoms with Crippen molar-refractivity contribution in [2.45, 2.75) is 36.4 Å². The van der Waals surface area contributed by atoms with Crippen molar-refractivity contribution in [3.63, 3.8) is 0 Å². The number of halogens is 3. The van der Waals surface area contributed by atoms with Crippen LogP contribution in [0.1, 0.15) is 20.3 Å². The topological polar surface area (TPSA) is 54.4 Å². The lowest BCUT2D eigenvalue weighted by molar-refractivity contribution is -0.144. The van der Waals surface area contributed by atoms with E-state index in [0.717, 1.165) is 0 Å². The molecule has 0 aliphatic heterocycles. The van der Waals surface area contributed by atoms with Crippen LogP contribution in [0.4, 0.5) is 0 Å². The van der Waals surface area contributed by atoms with Crippen molar-refractivity contribution >= 4 is 47.1 Å². The summed E-state index contributed by atoms with van der Waals surface area (Å²) in [5, 5.41) is 7.56. The standard InChI is InChI=1S/C10H15Cl3O3/c1-5(11)8(9(13)6(2)12)7(3-4-14)10(15)16/h4-9H,3H2,1-2H3,(H,15,16). The number of aldehydes is 1. The molecule has 0 heterocycles. The normalized spacial score (nSPS) is 20.6. The van der Waals surface area contributed by atoms with E-state index in [9.17, 15) is 9.59 Å². The van der Waals surface area contributed by atoms with Crippen LogP contribution < -0.4 is 0 Å². The molecule has 16 heavy (non-hydrogen) atoms. The highest BCUT2D eigenvalue weighted by molar-refractivity contribution is 6.30. The molecule has 0 aliphatic rings. The Kier molecular flexibility index (Phi) is 7.36. The average molecular weight is 290 g/mol. The lowest BCUT2D eigenvalue weighted by Gasteiger charge is -2.30. The van der Waals surface area contributed by atoms with Crippen LogP contribution in [0.3, 0.4) is 0 Å². The number of hydrogen-bond acceptors (Lipinski definition) is 2. The second-order valence-corrected chi connectivity index (χ2v) is 5.60. The number of alkyl halides is 3. The molecule has 6 heteroatoms. The van der Waals surface area contributed by atoms with E-state index in [1.54, 1.807) is 13.8 Å². The molecule has 0 amide bonds. The van der Waals surface area contributed by atoms with Crippen molar-refractivity contribution in [1.82, 2.24) is 0 Å². The van der Waals surface area contributed by atoms with E-state index in [-0.39, 0.29) is 6.42 Å². The highest BCUT2D eigenvalue weighted by Crippen LogP contribution is 2.32. The third kappa shape index (κ3) is 4.48. The Labute approximate surface area is 110 Å². The predicted octanol–water partition coefficient (Wildman–Crippen LogP) is 2.75. The van der Waals surface area contributed by atoms with E-state index in [1.807, 2.05) is 0 Å². The first-order valence-corrected chi connectivity index (χ1v) is 6.22. The SMILES string of the molecule is CC(Cl)C(Cl)C(C(C)Cl)C(CC=O)C(=O)O. The Bertz CT molecular complexity index is 243. The maximum absolute atomic E-state index is 11.0. The first-order chi connectivity index (χ1) is 7.32. The Hall–Kier alpha value is 0.01000. The number of rotatable bonds is 7. The lowest BCUT2D eigenvalue weighted by atomic mass is 9.84. The zero-order chi connectivity index (χ0) is 12.9. The van der Waals surface area contributed by atoms with Gasteiger partial charge in [-0.15, -0.1) is 34.8 Å². The van der Waals surface area contributed by atoms with Gasteiger partial charge in [-0.1, -0.05) is 0 Å². The van der Waals surface area contributed by atoms with Gasteiger partial charge in [0.05, 0.1) is 11.3 Å². The van der Waals surface area contributed by atoms with Crippen LogP contribution >= 0.6 is 34.8 Å². The second-order valence-electron chi connectivity index (χ2n) is 3.72. The van der Waals surface area contributed by atoms with Crippen LogP contribution in [0.5, 0.6) is 0 Å². The van der Waals surface area contributed by atoms with Crippen LogP contribution in [0.15, 0.2) is 0 Å². The minimum atomic E-state index is -1.08. The number of carbonyl (C=O) groups excluding carboxylic acids is 1. The highest BCUT2D eigenvalue weighted by atomic mass is 35.5. The fourth-order valence-corrected chi connectivity index (χ4v) is 2.60. The number of carboxylic acids is 1. The third-order valence-electron chi connectivity index (χ3n) is 2.47. The first-order valence-electron chi connectivity index (χ1n) is 4.91. The summed E-state index contributed by atoms with van der Waals surface area (Å²) in [7, 11) is 0. The summed E-state index contributed by atoms with van der Waals surface area (Å²) in [6.07, 6.45) is 0.456. The fourth-order valence-electron chi connectivity index (χ4n) is 1.63. The van der Waals surface area contributed by atoms with Crippen molar-refractivity contribution in [2.75, 3.05) is 0 Å². The molecule has 0 fully saturated rings. The van der Waals surface area contributed by atoms with Crippen LogP contribution in [0.25, 0.3) is 0 Å². The molecule has 0 saturated heterocycles. The van der Waals surface area contributed by atoms with Gasteiger partial charge in [-0.3, -0.25) is 4.79 Å². The molecule has 0 aliphatic carbocycles. The van der Waals surface area contributed by atoms with Crippen LogP contribution in [-0.2, 0) is 9.59 Å². The molecule has 0 aromatic carbocycles. The van der Waals surface area contributed by atoms with E-state index in [0.29, 0.717) is 6.29 Å². The Morgan fingerprint density at radius 3 is 2.00 bits per heavy atom.